The highest BCUT2D eigenvalue weighted by molar-refractivity contribution is 7.89. The van der Waals surface area contributed by atoms with Crippen LogP contribution in [0.25, 0.3) is 0 Å². The van der Waals surface area contributed by atoms with Crippen molar-refractivity contribution in [3.8, 4) is 0 Å². The Kier molecular flexibility index (Phi) is 5.76. The predicted octanol–water partition coefficient (Wildman–Crippen LogP) is 1.36. The lowest BCUT2D eigenvalue weighted by Gasteiger charge is -2.33. The van der Waals surface area contributed by atoms with Crippen LogP contribution in [-0.4, -0.2) is 62.3 Å². The minimum atomic E-state index is -3.45. The molecule has 0 radical (unpaired) electrons. The van der Waals surface area contributed by atoms with E-state index in [9.17, 15) is 13.2 Å². The first-order valence-electron chi connectivity index (χ1n) is 9.04. The topological polar surface area (TPSA) is 69.7 Å². The molecule has 1 amide bonds. The van der Waals surface area contributed by atoms with E-state index < -0.39 is 10.0 Å². The largest absolute Gasteiger partial charge is 0.352 e. The first-order valence-corrected chi connectivity index (χ1v) is 10.5. The number of hydrogen-bond acceptors (Lipinski definition) is 4. The van der Waals surface area contributed by atoms with Crippen LogP contribution in [0.2, 0.25) is 0 Å². The fraction of sp³-hybridized carbons (Fsp3) is 0.611. The monoisotopic (exact) mass is 365 g/mol. The third-order valence-electron chi connectivity index (χ3n) is 5.05. The molecule has 2 fully saturated rings. The zero-order valence-corrected chi connectivity index (χ0v) is 15.6. The van der Waals surface area contributed by atoms with Gasteiger partial charge in [0.1, 0.15) is 0 Å². The zero-order chi connectivity index (χ0) is 17.9. The Labute approximate surface area is 150 Å². The lowest BCUT2D eigenvalue weighted by atomic mass is 10.2. The number of piperazine rings is 1. The quantitative estimate of drug-likeness (QED) is 0.855. The molecule has 1 aliphatic heterocycles. The maximum Gasteiger partial charge on any atom is 0.243 e. The van der Waals surface area contributed by atoms with Crippen molar-refractivity contribution >= 4 is 15.9 Å². The molecule has 6 nitrogen and oxygen atoms in total. The van der Waals surface area contributed by atoms with Crippen LogP contribution in [0.5, 0.6) is 0 Å². The molecule has 7 heteroatoms. The van der Waals surface area contributed by atoms with Crippen LogP contribution in [0.4, 0.5) is 0 Å². The van der Waals surface area contributed by atoms with Crippen molar-refractivity contribution in [3.05, 3.63) is 29.8 Å². The number of sulfonamides is 1. The van der Waals surface area contributed by atoms with Crippen LogP contribution in [-0.2, 0) is 14.8 Å². The second-order valence-electron chi connectivity index (χ2n) is 7.05. The highest BCUT2D eigenvalue weighted by Crippen LogP contribution is 2.19. The summed E-state index contributed by atoms with van der Waals surface area (Å²) in [5, 5.41) is 3.09. The highest BCUT2D eigenvalue weighted by atomic mass is 32.2. The summed E-state index contributed by atoms with van der Waals surface area (Å²) in [5.41, 5.74) is 0.934. The number of rotatable bonds is 5. The molecule has 2 aliphatic rings. The number of amides is 1. The van der Waals surface area contributed by atoms with Crippen LogP contribution in [0.1, 0.15) is 31.2 Å². The van der Waals surface area contributed by atoms with Gasteiger partial charge in [-0.15, -0.1) is 0 Å². The molecule has 1 aromatic rings. The first-order chi connectivity index (χ1) is 11.9. The van der Waals surface area contributed by atoms with E-state index in [1.54, 1.807) is 18.2 Å². The molecule has 0 unspecified atom stereocenters. The SMILES string of the molecule is Cc1cccc(S(=O)(=O)N2CCN(CC(=O)NC3CCCC3)CC2)c1. The number of nitrogens with zero attached hydrogens (tertiary/aromatic N) is 2. The second kappa shape index (κ2) is 7.85. The molecule has 3 rings (SSSR count). The van der Waals surface area contributed by atoms with Gasteiger partial charge < -0.3 is 5.32 Å². The van der Waals surface area contributed by atoms with Crippen LogP contribution in [0.3, 0.4) is 0 Å². The number of hydrogen-bond donors (Lipinski definition) is 1. The Hall–Kier alpha value is -1.44. The van der Waals surface area contributed by atoms with Crippen molar-refractivity contribution < 1.29 is 13.2 Å². The van der Waals surface area contributed by atoms with Gasteiger partial charge in [-0.3, -0.25) is 9.69 Å². The number of carbonyl (C=O) groups excluding carboxylic acids is 1. The highest BCUT2D eigenvalue weighted by Gasteiger charge is 2.29. The van der Waals surface area contributed by atoms with Gasteiger partial charge in [0.2, 0.25) is 15.9 Å². The van der Waals surface area contributed by atoms with Crippen molar-refractivity contribution in [2.45, 2.75) is 43.5 Å². The number of benzene rings is 1. The summed E-state index contributed by atoms with van der Waals surface area (Å²) in [6, 6.07) is 7.34. The van der Waals surface area contributed by atoms with Crippen molar-refractivity contribution in [1.29, 1.82) is 0 Å². The molecule has 0 spiro atoms. The normalized spacial score (nSPS) is 20.7. The Morgan fingerprint density at radius 2 is 1.84 bits per heavy atom. The zero-order valence-electron chi connectivity index (χ0n) is 14.8. The fourth-order valence-electron chi connectivity index (χ4n) is 3.60. The van der Waals surface area contributed by atoms with Crippen molar-refractivity contribution in [1.82, 2.24) is 14.5 Å². The summed E-state index contributed by atoms with van der Waals surface area (Å²) >= 11 is 0. The average Bonchev–Trinajstić information content (AvgIpc) is 3.08. The molecule has 25 heavy (non-hydrogen) atoms. The van der Waals surface area contributed by atoms with Crippen molar-refractivity contribution in [3.63, 3.8) is 0 Å². The fourth-order valence-corrected chi connectivity index (χ4v) is 5.13. The third-order valence-corrected chi connectivity index (χ3v) is 6.94. The Balaban J connectivity index is 1.52. The summed E-state index contributed by atoms with van der Waals surface area (Å²) in [6.45, 7) is 4.26. The van der Waals surface area contributed by atoms with Gasteiger partial charge in [0.15, 0.2) is 0 Å². The molecular weight excluding hydrogens is 338 g/mol. The van der Waals surface area contributed by atoms with Crippen LogP contribution >= 0.6 is 0 Å². The van der Waals surface area contributed by atoms with E-state index in [4.69, 9.17) is 0 Å². The lowest BCUT2D eigenvalue weighted by Crippen LogP contribution is -2.51. The summed E-state index contributed by atoms with van der Waals surface area (Å²) in [5.74, 6) is 0.0573. The van der Waals surface area contributed by atoms with Crippen LogP contribution in [0, 0.1) is 6.92 Å². The minimum Gasteiger partial charge on any atom is -0.352 e. The van der Waals surface area contributed by atoms with Gasteiger partial charge in [0, 0.05) is 32.2 Å². The molecular formula is C18H27N3O3S. The Morgan fingerprint density at radius 3 is 2.48 bits per heavy atom. The van der Waals surface area contributed by atoms with Gasteiger partial charge in [0.25, 0.3) is 0 Å². The Morgan fingerprint density at radius 1 is 1.16 bits per heavy atom. The van der Waals surface area contributed by atoms with Gasteiger partial charge in [-0.1, -0.05) is 25.0 Å². The molecule has 0 bridgehead atoms. The molecule has 0 atom stereocenters. The summed E-state index contributed by atoms with van der Waals surface area (Å²) in [6.07, 6.45) is 4.55. The Bertz CT molecular complexity index is 706. The maximum absolute atomic E-state index is 12.7. The average molecular weight is 365 g/mol. The predicted molar refractivity (Wildman–Crippen MR) is 96.8 cm³/mol. The van der Waals surface area contributed by atoms with E-state index in [0.717, 1.165) is 18.4 Å². The summed E-state index contributed by atoms with van der Waals surface area (Å²) < 4.78 is 27.0. The lowest BCUT2D eigenvalue weighted by molar-refractivity contribution is -0.123. The van der Waals surface area contributed by atoms with Gasteiger partial charge in [-0.05, 0) is 37.5 Å². The first kappa shape index (κ1) is 18.4. The van der Waals surface area contributed by atoms with E-state index in [1.165, 1.54) is 17.1 Å². The minimum absolute atomic E-state index is 0.0573. The molecule has 1 N–H and O–H groups in total. The molecule has 1 aliphatic carbocycles. The van der Waals surface area contributed by atoms with Crippen LogP contribution < -0.4 is 5.32 Å². The molecule has 138 valence electrons. The number of carbonyl (C=O) groups is 1. The molecule has 1 aromatic carbocycles. The van der Waals surface area contributed by atoms with E-state index in [0.29, 0.717) is 43.7 Å². The smallest absolute Gasteiger partial charge is 0.243 e. The standard InChI is InChI=1S/C18H27N3O3S/c1-15-5-4-8-17(13-15)25(23,24)21-11-9-20(10-12-21)14-18(22)19-16-6-2-3-7-16/h4-5,8,13,16H,2-3,6-7,9-12,14H2,1H3,(H,19,22). The summed E-state index contributed by atoms with van der Waals surface area (Å²) in [7, 11) is -3.45. The number of aryl methyl sites for hydroxylation is 1. The van der Waals surface area contributed by atoms with Crippen molar-refractivity contribution in [2.24, 2.45) is 0 Å². The third kappa shape index (κ3) is 4.59. The molecule has 1 heterocycles. The van der Waals surface area contributed by atoms with E-state index in [1.807, 2.05) is 17.9 Å². The van der Waals surface area contributed by atoms with E-state index in [2.05, 4.69) is 5.32 Å². The van der Waals surface area contributed by atoms with Gasteiger partial charge in [-0.2, -0.15) is 4.31 Å². The number of nitrogens with one attached hydrogen (secondary N) is 1. The van der Waals surface area contributed by atoms with Gasteiger partial charge in [-0.25, -0.2) is 8.42 Å². The van der Waals surface area contributed by atoms with E-state index in [-0.39, 0.29) is 5.91 Å². The van der Waals surface area contributed by atoms with Gasteiger partial charge in [0.05, 0.1) is 11.4 Å². The van der Waals surface area contributed by atoms with Crippen molar-refractivity contribution in [2.75, 3.05) is 32.7 Å². The molecule has 0 aromatic heterocycles. The molecule has 1 saturated carbocycles. The second-order valence-corrected chi connectivity index (χ2v) is 8.98. The van der Waals surface area contributed by atoms with Crippen LogP contribution in [0.15, 0.2) is 29.2 Å². The summed E-state index contributed by atoms with van der Waals surface area (Å²) in [4.78, 5) is 14.5. The van der Waals surface area contributed by atoms with E-state index >= 15 is 0 Å². The maximum atomic E-state index is 12.7. The van der Waals surface area contributed by atoms with Gasteiger partial charge >= 0.3 is 0 Å². The molecule has 1 saturated heterocycles.